The fourth-order valence-corrected chi connectivity index (χ4v) is 3.97. The lowest BCUT2D eigenvalue weighted by molar-refractivity contribution is -0.141. The molecule has 2 aromatic rings. The average Bonchev–Trinajstić information content (AvgIpc) is 3.37. The maximum Gasteiger partial charge on any atom is 0.433 e. The lowest BCUT2D eigenvalue weighted by atomic mass is 10.0. The number of alkyl halides is 3. The van der Waals surface area contributed by atoms with Crippen LogP contribution >= 0.6 is 11.5 Å². The summed E-state index contributed by atoms with van der Waals surface area (Å²) < 4.78 is 43.1. The molecule has 2 fully saturated rings. The van der Waals surface area contributed by atoms with Crippen molar-refractivity contribution in [2.45, 2.75) is 43.8 Å². The maximum absolute atomic E-state index is 12.9. The van der Waals surface area contributed by atoms with Crippen LogP contribution in [-0.4, -0.2) is 45.5 Å². The zero-order valence-electron chi connectivity index (χ0n) is 14.3. The first-order chi connectivity index (χ1) is 12.4. The standard InChI is InChI=1S/C16H19F3N6S/c1-24(13-7-12(16(17,18)19)20-9-21-13)11-3-2-6-25(8-11)15-22-14(23-26-15)10-4-5-10/h7,9-11H,2-6,8H2,1H3. The van der Waals surface area contributed by atoms with Crippen LogP contribution in [0.4, 0.5) is 24.1 Å². The van der Waals surface area contributed by atoms with E-state index < -0.39 is 11.9 Å². The number of halogens is 3. The third-order valence-electron chi connectivity index (χ3n) is 4.89. The van der Waals surface area contributed by atoms with Crippen LogP contribution in [0.15, 0.2) is 12.4 Å². The molecule has 0 aromatic carbocycles. The molecule has 2 aliphatic rings. The number of anilines is 2. The summed E-state index contributed by atoms with van der Waals surface area (Å²) in [7, 11) is 1.78. The summed E-state index contributed by atoms with van der Waals surface area (Å²) in [4.78, 5) is 16.0. The van der Waals surface area contributed by atoms with Crippen LogP contribution in [0.5, 0.6) is 0 Å². The monoisotopic (exact) mass is 384 g/mol. The van der Waals surface area contributed by atoms with Crippen molar-refractivity contribution < 1.29 is 13.2 Å². The Morgan fingerprint density at radius 1 is 1.23 bits per heavy atom. The Bertz CT molecular complexity index is 775. The van der Waals surface area contributed by atoms with Gasteiger partial charge in [0.15, 0.2) is 0 Å². The van der Waals surface area contributed by atoms with E-state index in [0.717, 1.165) is 55.6 Å². The van der Waals surface area contributed by atoms with Crippen molar-refractivity contribution in [1.82, 2.24) is 19.3 Å². The van der Waals surface area contributed by atoms with Gasteiger partial charge in [-0.2, -0.15) is 17.5 Å². The quantitative estimate of drug-likeness (QED) is 0.806. The normalized spacial score (nSPS) is 21.1. The van der Waals surface area contributed by atoms with E-state index in [1.165, 1.54) is 11.5 Å². The van der Waals surface area contributed by atoms with Gasteiger partial charge in [0.25, 0.3) is 0 Å². The molecular weight excluding hydrogens is 365 g/mol. The summed E-state index contributed by atoms with van der Waals surface area (Å²) in [5, 5.41) is 0.906. The van der Waals surface area contributed by atoms with Gasteiger partial charge in [0.1, 0.15) is 23.7 Å². The van der Waals surface area contributed by atoms with Crippen molar-refractivity contribution in [2.75, 3.05) is 29.9 Å². The molecule has 6 nitrogen and oxygen atoms in total. The zero-order chi connectivity index (χ0) is 18.3. The van der Waals surface area contributed by atoms with Gasteiger partial charge in [-0.3, -0.25) is 0 Å². The molecule has 1 atom stereocenters. The van der Waals surface area contributed by atoms with Crippen LogP contribution in [0.3, 0.4) is 0 Å². The minimum atomic E-state index is -4.47. The highest BCUT2D eigenvalue weighted by Crippen LogP contribution is 2.40. The summed E-state index contributed by atoms with van der Waals surface area (Å²) in [5.41, 5.74) is -0.916. The topological polar surface area (TPSA) is 58.0 Å². The van der Waals surface area contributed by atoms with Crippen LogP contribution in [0, 0.1) is 0 Å². The van der Waals surface area contributed by atoms with Gasteiger partial charge in [0.05, 0.1) is 0 Å². The second-order valence-electron chi connectivity index (χ2n) is 6.82. The van der Waals surface area contributed by atoms with Crippen molar-refractivity contribution in [2.24, 2.45) is 0 Å². The molecule has 26 heavy (non-hydrogen) atoms. The molecule has 0 N–H and O–H groups in total. The molecule has 0 spiro atoms. The second-order valence-corrected chi connectivity index (χ2v) is 7.55. The molecule has 0 radical (unpaired) electrons. The highest BCUT2D eigenvalue weighted by atomic mass is 32.1. The van der Waals surface area contributed by atoms with Crippen molar-refractivity contribution in [3.05, 3.63) is 23.9 Å². The Morgan fingerprint density at radius 2 is 2.04 bits per heavy atom. The van der Waals surface area contributed by atoms with Gasteiger partial charge < -0.3 is 9.80 Å². The third kappa shape index (κ3) is 3.60. The van der Waals surface area contributed by atoms with Crippen molar-refractivity contribution >= 4 is 22.5 Å². The van der Waals surface area contributed by atoms with E-state index in [0.29, 0.717) is 12.5 Å². The molecule has 1 saturated heterocycles. The molecule has 10 heteroatoms. The van der Waals surface area contributed by atoms with Crippen LogP contribution in [-0.2, 0) is 6.18 Å². The van der Waals surface area contributed by atoms with Gasteiger partial charge in [-0.25, -0.2) is 15.0 Å². The fraction of sp³-hybridized carbons (Fsp3) is 0.625. The minimum Gasteiger partial charge on any atom is -0.355 e. The first kappa shape index (κ1) is 17.4. The molecule has 1 unspecified atom stereocenters. The predicted molar refractivity (Wildman–Crippen MR) is 92.6 cm³/mol. The van der Waals surface area contributed by atoms with Crippen molar-refractivity contribution in [3.8, 4) is 0 Å². The largest absolute Gasteiger partial charge is 0.433 e. The summed E-state index contributed by atoms with van der Waals surface area (Å²) in [6.45, 7) is 1.59. The van der Waals surface area contributed by atoms with Crippen molar-refractivity contribution in [3.63, 3.8) is 0 Å². The summed E-state index contributed by atoms with van der Waals surface area (Å²) >= 11 is 1.41. The molecule has 3 heterocycles. The van der Waals surface area contributed by atoms with E-state index >= 15 is 0 Å². The zero-order valence-corrected chi connectivity index (χ0v) is 15.1. The molecule has 1 aliphatic carbocycles. The van der Waals surface area contributed by atoms with Crippen LogP contribution in [0.2, 0.25) is 0 Å². The fourth-order valence-electron chi connectivity index (χ4n) is 3.19. The number of piperidine rings is 1. The predicted octanol–water partition coefficient (Wildman–Crippen LogP) is 3.33. The first-order valence-electron chi connectivity index (χ1n) is 8.62. The molecular formula is C16H19F3N6S. The van der Waals surface area contributed by atoms with Gasteiger partial charge in [0.2, 0.25) is 5.13 Å². The molecule has 2 aromatic heterocycles. The highest BCUT2D eigenvalue weighted by molar-refractivity contribution is 7.09. The molecule has 1 aliphatic heterocycles. The smallest absolute Gasteiger partial charge is 0.355 e. The van der Waals surface area contributed by atoms with Crippen LogP contribution < -0.4 is 9.80 Å². The van der Waals surface area contributed by atoms with E-state index in [4.69, 9.17) is 0 Å². The number of nitrogens with zero attached hydrogens (tertiary/aromatic N) is 6. The van der Waals surface area contributed by atoms with Crippen LogP contribution in [0.25, 0.3) is 0 Å². The van der Waals surface area contributed by atoms with E-state index in [2.05, 4.69) is 24.2 Å². The molecule has 1 saturated carbocycles. The number of aromatic nitrogens is 4. The number of rotatable bonds is 4. The van der Waals surface area contributed by atoms with Gasteiger partial charge in [-0.1, -0.05) is 0 Å². The Morgan fingerprint density at radius 3 is 2.77 bits per heavy atom. The van der Waals surface area contributed by atoms with Crippen molar-refractivity contribution in [1.29, 1.82) is 0 Å². The lowest BCUT2D eigenvalue weighted by Gasteiger charge is -2.37. The van der Waals surface area contributed by atoms with Gasteiger partial charge in [-0.05, 0) is 25.7 Å². The van der Waals surface area contributed by atoms with Gasteiger partial charge >= 0.3 is 6.18 Å². The second kappa shape index (κ2) is 6.64. The average molecular weight is 384 g/mol. The van der Waals surface area contributed by atoms with E-state index in [1.807, 2.05) is 4.90 Å². The Balaban J connectivity index is 1.48. The molecule has 0 amide bonds. The Labute approximate surface area is 153 Å². The van der Waals surface area contributed by atoms with E-state index in [9.17, 15) is 13.2 Å². The Kier molecular flexibility index (Phi) is 4.45. The van der Waals surface area contributed by atoms with Gasteiger partial charge in [-0.15, -0.1) is 0 Å². The lowest BCUT2D eigenvalue weighted by Crippen LogP contribution is -2.47. The van der Waals surface area contributed by atoms with Gasteiger partial charge in [0, 0.05) is 49.7 Å². The molecule has 4 rings (SSSR count). The maximum atomic E-state index is 12.9. The number of likely N-dealkylation sites (N-methyl/N-ethyl adjacent to an activating group) is 1. The highest BCUT2D eigenvalue weighted by Gasteiger charge is 2.34. The SMILES string of the molecule is CN(c1cc(C(F)(F)F)ncn1)C1CCCN(c2nc(C3CC3)ns2)C1. The number of hydrogen-bond acceptors (Lipinski definition) is 7. The minimum absolute atomic E-state index is 0.0630. The first-order valence-corrected chi connectivity index (χ1v) is 9.40. The summed E-state index contributed by atoms with van der Waals surface area (Å²) in [6.07, 6.45) is 0.676. The summed E-state index contributed by atoms with van der Waals surface area (Å²) in [5.74, 6) is 1.74. The number of hydrogen-bond donors (Lipinski definition) is 0. The molecule has 140 valence electrons. The van der Waals surface area contributed by atoms with E-state index in [1.54, 1.807) is 7.05 Å². The summed E-state index contributed by atoms with van der Waals surface area (Å²) in [6, 6.07) is 1.07. The third-order valence-corrected chi connectivity index (χ3v) is 5.68. The van der Waals surface area contributed by atoms with E-state index in [-0.39, 0.29) is 11.9 Å². The van der Waals surface area contributed by atoms with Crippen LogP contribution in [0.1, 0.15) is 43.1 Å². The Hall–Kier alpha value is -1.97. The molecule has 0 bridgehead atoms.